The molecule has 27 heavy (non-hydrogen) atoms. The average molecular weight is 442 g/mol. The topological polar surface area (TPSA) is 83.6 Å². The van der Waals surface area contributed by atoms with E-state index in [0.29, 0.717) is 23.0 Å². The Morgan fingerprint density at radius 1 is 1.22 bits per heavy atom. The van der Waals surface area contributed by atoms with Crippen molar-refractivity contribution in [1.29, 1.82) is 5.26 Å². The van der Waals surface area contributed by atoms with Crippen LogP contribution in [-0.4, -0.2) is 26.4 Å². The number of carbonyl (C=O) groups excluding carboxylic acids is 1. The maximum atomic E-state index is 12.3. The molecular weight excluding hydrogens is 426 g/mol. The van der Waals surface area contributed by atoms with E-state index in [1.54, 1.807) is 24.3 Å². The van der Waals surface area contributed by atoms with Gasteiger partial charge in [-0.05, 0) is 31.2 Å². The number of amides is 1. The quantitative estimate of drug-likeness (QED) is 0.575. The van der Waals surface area contributed by atoms with Gasteiger partial charge in [-0.2, -0.15) is 5.26 Å². The number of hydrogen-bond donors (Lipinski definition) is 1. The molecule has 0 radical (unpaired) electrons. The molecule has 0 aliphatic rings. The van der Waals surface area contributed by atoms with Crippen molar-refractivity contribution < 1.29 is 4.79 Å². The highest BCUT2D eigenvalue weighted by atomic mass is 79.9. The SMILES string of the molecule is CCn1c(SCC(=O)Nc2ccccc2C#N)nnc1-c1ccc(Br)cc1. The number of aromatic nitrogens is 3. The first-order chi connectivity index (χ1) is 13.1. The summed E-state index contributed by atoms with van der Waals surface area (Å²) in [6, 6.07) is 16.8. The molecular formula is C19H16BrN5OS. The van der Waals surface area contributed by atoms with Crippen molar-refractivity contribution in [2.24, 2.45) is 0 Å². The Kier molecular flexibility index (Phi) is 6.27. The van der Waals surface area contributed by atoms with Crippen LogP contribution in [0.3, 0.4) is 0 Å². The van der Waals surface area contributed by atoms with Gasteiger partial charge in [0.1, 0.15) is 6.07 Å². The highest BCUT2D eigenvalue weighted by molar-refractivity contribution is 9.10. The van der Waals surface area contributed by atoms with E-state index < -0.39 is 0 Å². The number of anilines is 1. The summed E-state index contributed by atoms with van der Waals surface area (Å²) in [5.74, 6) is 0.749. The molecule has 3 rings (SSSR count). The van der Waals surface area contributed by atoms with Crippen molar-refractivity contribution in [3.05, 3.63) is 58.6 Å². The van der Waals surface area contributed by atoms with Crippen LogP contribution in [0, 0.1) is 11.3 Å². The number of hydrogen-bond acceptors (Lipinski definition) is 5. The summed E-state index contributed by atoms with van der Waals surface area (Å²) < 4.78 is 2.97. The van der Waals surface area contributed by atoms with E-state index in [9.17, 15) is 4.79 Å². The summed E-state index contributed by atoms with van der Waals surface area (Å²) in [6.45, 7) is 2.71. The third kappa shape index (κ3) is 4.56. The Bertz CT molecular complexity index is 994. The number of para-hydroxylation sites is 1. The van der Waals surface area contributed by atoms with Crippen LogP contribution in [0.1, 0.15) is 12.5 Å². The van der Waals surface area contributed by atoms with Gasteiger partial charge in [0.05, 0.1) is 17.0 Å². The van der Waals surface area contributed by atoms with Crippen LogP contribution in [0.2, 0.25) is 0 Å². The van der Waals surface area contributed by atoms with E-state index in [-0.39, 0.29) is 11.7 Å². The summed E-state index contributed by atoms with van der Waals surface area (Å²) in [7, 11) is 0. The van der Waals surface area contributed by atoms with Gasteiger partial charge in [0, 0.05) is 16.6 Å². The van der Waals surface area contributed by atoms with E-state index in [2.05, 4.69) is 37.5 Å². The van der Waals surface area contributed by atoms with Crippen LogP contribution >= 0.6 is 27.7 Å². The predicted octanol–water partition coefficient (Wildman–Crippen LogP) is 4.33. The minimum absolute atomic E-state index is 0.179. The van der Waals surface area contributed by atoms with E-state index in [4.69, 9.17) is 5.26 Å². The number of benzene rings is 2. The first-order valence-corrected chi connectivity index (χ1v) is 10.0. The summed E-state index contributed by atoms with van der Waals surface area (Å²) in [5, 5.41) is 21.1. The second-order valence-electron chi connectivity index (χ2n) is 5.55. The van der Waals surface area contributed by atoms with Crippen molar-refractivity contribution in [2.45, 2.75) is 18.6 Å². The molecule has 0 saturated heterocycles. The Morgan fingerprint density at radius 2 is 1.96 bits per heavy atom. The molecule has 0 spiro atoms. The van der Waals surface area contributed by atoms with Crippen LogP contribution in [0.4, 0.5) is 5.69 Å². The van der Waals surface area contributed by atoms with Crippen LogP contribution in [0.15, 0.2) is 58.2 Å². The molecule has 0 aliphatic carbocycles. The minimum atomic E-state index is -0.196. The zero-order valence-electron chi connectivity index (χ0n) is 14.5. The first kappa shape index (κ1) is 19.1. The number of nitrogens with one attached hydrogen (secondary N) is 1. The molecule has 1 aromatic heterocycles. The first-order valence-electron chi connectivity index (χ1n) is 8.23. The zero-order chi connectivity index (χ0) is 19.2. The number of rotatable bonds is 6. The maximum absolute atomic E-state index is 12.3. The molecule has 0 bridgehead atoms. The van der Waals surface area contributed by atoms with Gasteiger partial charge in [0.25, 0.3) is 0 Å². The molecule has 0 unspecified atom stereocenters. The van der Waals surface area contributed by atoms with Crippen molar-refractivity contribution in [3.8, 4) is 17.5 Å². The van der Waals surface area contributed by atoms with Crippen molar-refractivity contribution in [2.75, 3.05) is 11.1 Å². The highest BCUT2D eigenvalue weighted by Gasteiger charge is 2.15. The fourth-order valence-electron chi connectivity index (χ4n) is 2.50. The molecule has 3 aromatic rings. The number of nitriles is 1. The number of nitrogens with zero attached hydrogens (tertiary/aromatic N) is 4. The molecule has 136 valence electrons. The lowest BCUT2D eigenvalue weighted by Gasteiger charge is -2.08. The second-order valence-corrected chi connectivity index (χ2v) is 7.41. The van der Waals surface area contributed by atoms with Crippen molar-refractivity contribution in [1.82, 2.24) is 14.8 Å². The molecule has 1 amide bonds. The Morgan fingerprint density at radius 3 is 2.67 bits per heavy atom. The second kappa shape index (κ2) is 8.84. The molecule has 0 atom stereocenters. The molecule has 0 saturated carbocycles. The van der Waals surface area contributed by atoms with Gasteiger partial charge in [0.15, 0.2) is 11.0 Å². The van der Waals surface area contributed by atoms with Gasteiger partial charge < -0.3 is 9.88 Å². The van der Waals surface area contributed by atoms with Gasteiger partial charge in [0.2, 0.25) is 5.91 Å². The lowest BCUT2D eigenvalue weighted by Crippen LogP contribution is -2.15. The van der Waals surface area contributed by atoms with Crippen LogP contribution in [-0.2, 0) is 11.3 Å². The third-order valence-corrected chi connectivity index (χ3v) is 5.28. The maximum Gasteiger partial charge on any atom is 0.234 e. The molecule has 8 heteroatoms. The van der Waals surface area contributed by atoms with Crippen molar-refractivity contribution in [3.63, 3.8) is 0 Å². The van der Waals surface area contributed by atoms with Crippen molar-refractivity contribution >= 4 is 39.3 Å². The van der Waals surface area contributed by atoms with Gasteiger partial charge in [-0.3, -0.25) is 4.79 Å². The summed E-state index contributed by atoms with van der Waals surface area (Å²) in [5.41, 5.74) is 1.91. The normalized spacial score (nSPS) is 10.4. The highest BCUT2D eigenvalue weighted by Crippen LogP contribution is 2.25. The average Bonchev–Trinajstić information content (AvgIpc) is 3.10. The van der Waals surface area contributed by atoms with Crippen LogP contribution in [0.5, 0.6) is 0 Å². The monoisotopic (exact) mass is 441 g/mol. The lowest BCUT2D eigenvalue weighted by molar-refractivity contribution is -0.113. The van der Waals surface area contributed by atoms with Gasteiger partial charge in [-0.25, -0.2) is 0 Å². The van der Waals surface area contributed by atoms with E-state index in [0.717, 1.165) is 15.9 Å². The molecule has 0 fully saturated rings. The standard InChI is InChI=1S/C19H16BrN5OS/c1-2-25-18(13-7-9-15(20)10-8-13)23-24-19(25)27-12-17(26)22-16-6-4-3-5-14(16)11-21/h3-10H,2,12H2,1H3,(H,22,26). The third-order valence-electron chi connectivity index (χ3n) is 3.79. The molecule has 2 aromatic carbocycles. The lowest BCUT2D eigenvalue weighted by atomic mass is 10.2. The summed E-state index contributed by atoms with van der Waals surface area (Å²) in [6.07, 6.45) is 0. The van der Waals surface area contributed by atoms with Gasteiger partial charge >= 0.3 is 0 Å². The molecule has 6 nitrogen and oxygen atoms in total. The van der Waals surface area contributed by atoms with E-state index >= 15 is 0 Å². The zero-order valence-corrected chi connectivity index (χ0v) is 16.9. The Balaban J connectivity index is 1.70. The summed E-state index contributed by atoms with van der Waals surface area (Å²) >= 11 is 4.74. The fraction of sp³-hybridized carbons (Fsp3) is 0.158. The van der Waals surface area contributed by atoms with Crippen LogP contribution < -0.4 is 5.32 Å². The number of halogens is 1. The smallest absolute Gasteiger partial charge is 0.234 e. The number of thioether (sulfide) groups is 1. The van der Waals surface area contributed by atoms with E-state index in [1.807, 2.05) is 35.8 Å². The van der Waals surface area contributed by atoms with Gasteiger partial charge in [-0.1, -0.05) is 52.0 Å². The van der Waals surface area contributed by atoms with E-state index in [1.165, 1.54) is 11.8 Å². The van der Waals surface area contributed by atoms with Crippen LogP contribution in [0.25, 0.3) is 11.4 Å². The number of carbonyl (C=O) groups is 1. The predicted molar refractivity (Wildman–Crippen MR) is 109 cm³/mol. The molecule has 1 N–H and O–H groups in total. The molecule has 0 aliphatic heterocycles. The Labute approximate surface area is 169 Å². The largest absolute Gasteiger partial charge is 0.324 e. The molecule has 1 heterocycles. The van der Waals surface area contributed by atoms with Gasteiger partial charge in [-0.15, -0.1) is 10.2 Å². The Hall–Kier alpha value is -2.63. The summed E-state index contributed by atoms with van der Waals surface area (Å²) in [4.78, 5) is 12.3. The fourth-order valence-corrected chi connectivity index (χ4v) is 3.57. The minimum Gasteiger partial charge on any atom is -0.324 e.